The summed E-state index contributed by atoms with van der Waals surface area (Å²) in [5, 5.41) is 2.13. The zero-order chi connectivity index (χ0) is 26.3. The van der Waals surface area contributed by atoms with Gasteiger partial charge in [0.1, 0.15) is 5.70 Å². The highest BCUT2D eigenvalue weighted by molar-refractivity contribution is 6.99. The first-order valence-electron chi connectivity index (χ1n) is 12.6. The van der Waals surface area contributed by atoms with Crippen LogP contribution in [-0.4, -0.2) is 52.1 Å². The van der Waals surface area contributed by atoms with Gasteiger partial charge in [-0.25, -0.2) is 9.59 Å². The summed E-state index contributed by atoms with van der Waals surface area (Å²) in [5.41, 5.74) is 0.216. The van der Waals surface area contributed by atoms with Crippen LogP contribution in [0.25, 0.3) is 0 Å². The van der Waals surface area contributed by atoms with Crippen molar-refractivity contribution in [2.75, 3.05) is 20.8 Å². The minimum atomic E-state index is -2.83. The first-order valence-corrected chi connectivity index (χ1v) is 14.5. The van der Waals surface area contributed by atoms with E-state index in [1.165, 1.54) is 29.5 Å². The number of allylic oxidation sites excluding steroid dienone is 1. The molecule has 0 saturated carbocycles. The number of ether oxygens (including phenoxy) is 2. The highest BCUT2D eigenvalue weighted by Crippen LogP contribution is 2.38. The van der Waals surface area contributed by atoms with Gasteiger partial charge in [-0.2, -0.15) is 0 Å². The molecular weight excluding hydrogens is 470 g/mol. The van der Waals surface area contributed by atoms with Crippen LogP contribution >= 0.6 is 0 Å². The van der Waals surface area contributed by atoms with Crippen molar-refractivity contribution in [2.45, 2.75) is 58.0 Å². The van der Waals surface area contributed by atoms with Crippen LogP contribution in [0.3, 0.4) is 0 Å². The van der Waals surface area contributed by atoms with Gasteiger partial charge in [0.05, 0.1) is 26.9 Å². The van der Waals surface area contributed by atoms with Crippen molar-refractivity contribution < 1.29 is 23.5 Å². The van der Waals surface area contributed by atoms with Crippen LogP contribution in [0.5, 0.6) is 0 Å². The highest BCUT2D eigenvalue weighted by atomic mass is 28.4. The van der Waals surface area contributed by atoms with Crippen LogP contribution in [0.4, 0.5) is 4.79 Å². The second-order valence-corrected chi connectivity index (χ2v) is 14.6. The first-order chi connectivity index (χ1) is 17.2. The predicted octanol–water partition coefficient (Wildman–Crippen LogP) is 4.88. The summed E-state index contributed by atoms with van der Waals surface area (Å²) < 4.78 is 17.3. The van der Waals surface area contributed by atoms with Crippen molar-refractivity contribution in [3.8, 4) is 0 Å². The Morgan fingerprint density at radius 1 is 0.944 bits per heavy atom. The van der Waals surface area contributed by atoms with Gasteiger partial charge in [-0.15, -0.1) is 0 Å². The highest BCUT2D eigenvalue weighted by Gasteiger charge is 2.51. The lowest BCUT2D eigenvalue weighted by Gasteiger charge is -2.46. The number of nitrogens with zero attached hydrogens (tertiary/aromatic N) is 1. The number of rotatable bonds is 8. The number of hydrogen-bond donors (Lipinski definition) is 0. The number of amides is 1. The van der Waals surface area contributed by atoms with Gasteiger partial charge in [0, 0.05) is 0 Å². The Bertz CT molecular complexity index is 1010. The summed E-state index contributed by atoms with van der Waals surface area (Å²) in [6.07, 6.45) is 3.73. The molecule has 7 heteroatoms. The Hall–Kier alpha value is -2.90. The van der Waals surface area contributed by atoms with Crippen LogP contribution in [0.2, 0.25) is 5.04 Å². The van der Waals surface area contributed by atoms with Crippen LogP contribution in [-0.2, 0) is 18.7 Å². The summed E-state index contributed by atoms with van der Waals surface area (Å²) in [6, 6.07) is 20.4. The molecule has 0 N–H and O–H groups in total. The smallest absolute Gasteiger partial charge is 0.414 e. The Morgan fingerprint density at radius 3 is 1.94 bits per heavy atom. The molecule has 1 heterocycles. The van der Waals surface area contributed by atoms with E-state index in [0.29, 0.717) is 6.42 Å². The minimum absolute atomic E-state index is 0.126. The number of esters is 1. The molecule has 3 rings (SSSR count). The monoisotopic (exact) mass is 509 g/mol. The molecule has 1 aliphatic rings. The minimum Gasteiger partial charge on any atom is -0.464 e. The number of methoxy groups -OCH3 is 2. The zero-order valence-electron chi connectivity index (χ0n) is 22.3. The Balaban J connectivity index is 2.13. The Morgan fingerprint density at radius 2 is 1.50 bits per heavy atom. The van der Waals surface area contributed by atoms with E-state index in [2.05, 4.69) is 76.2 Å². The summed E-state index contributed by atoms with van der Waals surface area (Å²) in [7, 11) is -0.174. The average Bonchev–Trinajstić information content (AvgIpc) is 2.89. The van der Waals surface area contributed by atoms with E-state index >= 15 is 0 Å². The van der Waals surface area contributed by atoms with E-state index in [0.717, 1.165) is 12.8 Å². The van der Waals surface area contributed by atoms with E-state index in [1.54, 1.807) is 6.08 Å². The maximum absolute atomic E-state index is 13.0. The SMILES string of the molecule is CCC[C@@H]1CC=C(C(=O)OC)N(C(=O)OC)[C@@H]1CO[Si](c1ccccc1)(c1ccccc1)C(C)(C)C. The van der Waals surface area contributed by atoms with Gasteiger partial charge in [0.2, 0.25) is 0 Å². The predicted molar refractivity (Wildman–Crippen MR) is 145 cm³/mol. The van der Waals surface area contributed by atoms with Gasteiger partial charge >= 0.3 is 12.1 Å². The number of benzene rings is 2. The topological polar surface area (TPSA) is 65.1 Å². The molecule has 0 bridgehead atoms. The number of carbonyl (C=O) groups is 2. The van der Waals surface area contributed by atoms with Crippen LogP contribution in [0, 0.1) is 5.92 Å². The molecule has 1 amide bonds. The van der Waals surface area contributed by atoms with Crippen molar-refractivity contribution in [3.63, 3.8) is 0 Å². The average molecular weight is 510 g/mol. The van der Waals surface area contributed by atoms with E-state index in [1.807, 2.05) is 12.1 Å². The molecule has 6 nitrogen and oxygen atoms in total. The molecule has 0 radical (unpaired) electrons. The zero-order valence-corrected chi connectivity index (χ0v) is 23.3. The molecule has 2 atom stereocenters. The molecular formula is C29H39NO5Si. The molecule has 1 aliphatic heterocycles. The van der Waals surface area contributed by atoms with Gasteiger partial charge in [-0.3, -0.25) is 4.90 Å². The molecule has 0 fully saturated rings. The van der Waals surface area contributed by atoms with Gasteiger partial charge in [-0.05, 0) is 34.2 Å². The third kappa shape index (κ3) is 5.42. The van der Waals surface area contributed by atoms with Gasteiger partial charge in [0.15, 0.2) is 0 Å². The maximum atomic E-state index is 13.0. The lowest BCUT2D eigenvalue weighted by Crippen LogP contribution is -2.67. The number of carbonyl (C=O) groups excluding carboxylic acids is 2. The Kier molecular flexibility index (Phi) is 9.14. The fourth-order valence-electron chi connectivity index (χ4n) is 5.39. The van der Waals surface area contributed by atoms with E-state index in [9.17, 15) is 9.59 Å². The second-order valence-electron chi connectivity index (χ2n) is 10.2. The number of hydrogen-bond acceptors (Lipinski definition) is 5. The molecule has 0 aliphatic carbocycles. The maximum Gasteiger partial charge on any atom is 0.414 e. The molecule has 2 aromatic rings. The summed E-state index contributed by atoms with van der Waals surface area (Å²) in [6.45, 7) is 9.08. The molecule has 36 heavy (non-hydrogen) atoms. The molecule has 0 spiro atoms. The first kappa shape index (κ1) is 27.7. The Labute approximate surface area is 216 Å². The van der Waals surface area contributed by atoms with E-state index in [-0.39, 0.29) is 29.3 Å². The standard InChI is InChI=1S/C29H39NO5Si/c1-7-14-22-19-20-25(27(31)33-5)30(28(32)34-6)26(22)21-35-36(29(2,3)4,23-15-10-8-11-16-23)24-17-12-9-13-18-24/h8-13,15-18,20,22,26H,7,14,19,21H2,1-6H3/t22-,26-/m1/s1. The van der Waals surface area contributed by atoms with Crippen LogP contribution < -0.4 is 10.4 Å². The van der Waals surface area contributed by atoms with Crippen molar-refractivity contribution in [3.05, 3.63) is 72.4 Å². The molecule has 194 valence electrons. The van der Waals surface area contributed by atoms with Crippen LogP contribution in [0.15, 0.2) is 72.4 Å². The van der Waals surface area contributed by atoms with Crippen molar-refractivity contribution in [1.29, 1.82) is 0 Å². The van der Waals surface area contributed by atoms with Gasteiger partial charge < -0.3 is 13.9 Å². The fourth-order valence-corrected chi connectivity index (χ4v) is 9.97. The third-order valence-electron chi connectivity index (χ3n) is 7.06. The van der Waals surface area contributed by atoms with Crippen molar-refractivity contribution >= 4 is 30.8 Å². The van der Waals surface area contributed by atoms with Gasteiger partial charge in [0.25, 0.3) is 8.32 Å². The molecule has 2 aromatic carbocycles. The van der Waals surface area contributed by atoms with Crippen LogP contribution in [0.1, 0.15) is 47.0 Å². The molecule has 0 unspecified atom stereocenters. The largest absolute Gasteiger partial charge is 0.464 e. The second kappa shape index (κ2) is 11.9. The fraction of sp³-hybridized carbons (Fsp3) is 0.448. The molecule has 0 aromatic heterocycles. The van der Waals surface area contributed by atoms with Crippen molar-refractivity contribution in [1.82, 2.24) is 4.90 Å². The van der Waals surface area contributed by atoms with Gasteiger partial charge in [-0.1, -0.05) is 101 Å². The normalized spacial score (nSPS) is 18.4. The molecule has 0 saturated heterocycles. The van der Waals surface area contributed by atoms with E-state index in [4.69, 9.17) is 13.9 Å². The lowest BCUT2D eigenvalue weighted by molar-refractivity contribution is -0.138. The summed E-state index contributed by atoms with van der Waals surface area (Å²) >= 11 is 0. The third-order valence-corrected chi connectivity index (χ3v) is 12.1. The summed E-state index contributed by atoms with van der Waals surface area (Å²) in [5.74, 6) is -0.425. The lowest BCUT2D eigenvalue weighted by atomic mass is 9.87. The summed E-state index contributed by atoms with van der Waals surface area (Å²) in [4.78, 5) is 27.1. The van der Waals surface area contributed by atoms with E-state index < -0.39 is 20.4 Å². The quantitative estimate of drug-likeness (QED) is 0.375. The van der Waals surface area contributed by atoms with Crippen molar-refractivity contribution in [2.24, 2.45) is 5.92 Å².